The Labute approximate surface area is 234 Å². The lowest BCUT2D eigenvalue weighted by Crippen LogP contribution is -2.32. The highest BCUT2D eigenvalue weighted by Gasteiger charge is 2.12. The summed E-state index contributed by atoms with van der Waals surface area (Å²) in [7, 11) is 0. The van der Waals surface area contributed by atoms with Gasteiger partial charge in [-0.05, 0) is 104 Å². The van der Waals surface area contributed by atoms with E-state index in [2.05, 4.69) is 21.7 Å². The second kappa shape index (κ2) is 10.8. The minimum atomic E-state index is -0.404. The minimum Gasteiger partial charge on any atom is -0.457 e. The number of oxazole rings is 1. The van der Waals surface area contributed by atoms with Crippen LogP contribution in [0.2, 0.25) is 10.0 Å². The van der Waals surface area contributed by atoms with E-state index in [1.54, 1.807) is 36.4 Å². The Hall–Kier alpha value is -3.91. The molecule has 2 aromatic heterocycles. The van der Waals surface area contributed by atoms with Crippen LogP contribution < -0.4 is 10.6 Å². The number of carbonyl (C=O) groups excluding carboxylic acids is 1. The Kier molecular flexibility index (Phi) is 7.33. The van der Waals surface area contributed by atoms with E-state index in [0.717, 1.165) is 27.8 Å². The molecule has 0 fully saturated rings. The number of nitrogens with one attached hydrogen (secondary N) is 2. The van der Waals surface area contributed by atoms with Crippen LogP contribution in [0.3, 0.4) is 0 Å². The number of anilines is 1. The van der Waals surface area contributed by atoms with Crippen molar-refractivity contribution in [2.75, 3.05) is 5.32 Å². The fourth-order valence-electron chi connectivity index (χ4n) is 3.95. The first-order chi connectivity index (χ1) is 18.2. The molecule has 190 valence electrons. The summed E-state index contributed by atoms with van der Waals surface area (Å²) in [6, 6.07) is 20.1. The molecule has 38 heavy (non-hydrogen) atoms. The van der Waals surface area contributed by atoms with E-state index in [9.17, 15) is 4.79 Å². The Balaban J connectivity index is 1.18. The average molecular weight is 562 g/mol. The molecule has 1 amide bonds. The number of hydrogen-bond donors (Lipinski definition) is 2. The highest BCUT2D eigenvalue weighted by atomic mass is 35.5. The summed E-state index contributed by atoms with van der Waals surface area (Å²) in [5, 5.41) is 6.78. The monoisotopic (exact) mass is 561 g/mol. The van der Waals surface area contributed by atoms with Crippen LogP contribution in [0.4, 0.5) is 5.69 Å². The number of nitrogens with zero attached hydrogens (tertiary/aromatic N) is 1. The molecular formula is C29H21Cl2N3O3S. The summed E-state index contributed by atoms with van der Waals surface area (Å²) in [6.45, 7) is 4.04. The zero-order chi connectivity index (χ0) is 26.8. The van der Waals surface area contributed by atoms with Gasteiger partial charge in [0.05, 0.1) is 5.02 Å². The third kappa shape index (κ3) is 5.81. The Morgan fingerprint density at radius 3 is 2.53 bits per heavy atom. The lowest BCUT2D eigenvalue weighted by molar-refractivity contribution is -0.115. The summed E-state index contributed by atoms with van der Waals surface area (Å²) < 4.78 is 11.7. The molecule has 0 atom stereocenters. The number of amides is 1. The van der Waals surface area contributed by atoms with Gasteiger partial charge in [-0.25, -0.2) is 4.98 Å². The van der Waals surface area contributed by atoms with E-state index in [4.69, 9.17) is 44.3 Å². The fourth-order valence-corrected chi connectivity index (χ4v) is 4.67. The standard InChI is InChI=1S/C29H21Cl2N3O3S/c1-16-13-17(2)27-24(14-16)33-28(37-27)18-3-6-20(7-4-18)32-29(38)34-26(35)12-9-21-8-11-25(36-21)22-10-5-19(30)15-23(22)31/h3-15H,1-2H3,(H2,32,34,35,38)/b12-9+. The van der Waals surface area contributed by atoms with Gasteiger partial charge >= 0.3 is 0 Å². The minimum absolute atomic E-state index is 0.161. The number of benzene rings is 3. The summed E-state index contributed by atoms with van der Waals surface area (Å²) in [5.41, 5.74) is 6.04. The number of aryl methyl sites for hydroxylation is 2. The largest absolute Gasteiger partial charge is 0.457 e. The van der Waals surface area contributed by atoms with Crippen molar-refractivity contribution in [3.63, 3.8) is 0 Å². The molecule has 2 N–H and O–H groups in total. The van der Waals surface area contributed by atoms with Crippen molar-refractivity contribution in [1.29, 1.82) is 0 Å². The lowest BCUT2D eigenvalue weighted by atomic mass is 10.1. The molecular weight excluding hydrogens is 541 g/mol. The van der Waals surface area contributed by atoms with Crippen molar-refractivity contribution < 1.29 is 13.6 Å². The maximum absolute atomic E-state index is 12.3. The first-order valence-electron chi connectivity index (χ1n) is 11.6. The molecule has 0 saturated carbocycles. The quantitative estimate of drug-likeness (QED) is 0.166. The van der Waals surface area contributed by atoms with Gasteiger partial charge in [0.1, 0.15) is 17.0 Å². The molecule has 3 aromatic carbocycles. The molecule has 0 radical (unpaired) electrons. The first-order valence-corrected chi connectivity index (χ1v) is 12.7. The summed E-state index contributed by atoms with van der Waals surface area (Å²) in [5.74, 6) is 1.19. The smallest absolute Gasteiger partial charge is 0.250 e. The molecule has 0 aliphatic rings. The molecule has 0 aliphatic carbocycles. The number of fused-ring (bicyclic) bond motifs is 1. The molecule has 6 nitrogen and oxygen atoms in total. The van der Waals surface area contributed by atoms with Crippen molar-refractivity contribution in [2.24, 2.45) is 0 Å². The van der Waals surface area contributed by atoms with Gasteiger partial charge in [-0.2, -0.15) is 0 Å². The molecule has 0 spiro atoms. The summed E-state index contributed by atoms with van der Waals surface area (Å²) in [6.07, 6.45) is 2.88. The van der Waals surface area contributed by atoms with Gasteiger partial charge in [0.15, 0.2) is 10.7 Å². The normalized spacial score (nSPS) is 11.3. The summed E-state index contributed by atoms with van der Waals surface area (Å²) >= 11 is 17.5. The Morgan fingerprint density at radius 2 is 1.76 bits per heavy atom. The number of aromatic nitrogens is 1. The van der Waals surface area contributed by atoms with Crippen LogP contribution in [0.5, 0.6) is 0 Å². The Morgan fingerprint density at radius 1 is 0.974 bits per heavy atom. The second-order valence-electron chi connectivity index (χ2n) is 8.63. The van der Waals surface area contributed by atoms with E-state index < -0.39 is 5.91 Å². The van der Waals surface area contributed by atoms with E-state index in [1.165, 1.54) is 6.08 Å². The molecule has 0 bridgehead atoms. The SMILES string of the molecule is Cc1cc(C)c2oc(-c3ccc(NC(=S)NC(=O)/C=C/c4ccc(-c5ccc(Cl)cc5Cl)o4)cc3)nc2c1. The van der Waals surface area contributed by atoms with Gasteiger partial charge in [-0.3, -0.25) is 10.1 Å². The van der Waals surface area contributed by atoms with Crippen LogP contribution in [0.15, 0.2) is 81.6 Å². The Bertz CT molecular complexity index is 1700. The third-order valence-electron chi connectivity index (χ3n) is 5.67. The molecule has 2 heterocycles. The van der Waals surface area contributed by atoms with Crippen molar-refractivity contribution in [1.82, 2.24) is 10.3 Å². The van der Waals surface area contributed by atoms with E-state index in [1.807, 2.05) is 44.2 Å². The maximum atomic E-state index is 12.3. The number of hydrogen-bond acceptors (Lipinski definition) is 5. The van der Waals surface area contributed by atoms with Crippen LogP contribution in [0.25, 0.3) is 40.0 Å². The van der Waals surface area contributed by atoms with Crippen LogP contribution >= 0.6 is 35.4 Å². The highest BCUT2D eigenvalue weighted by molar-refractivity contribution is 7.80. The van der Waals surface area contributed by atoms with Gasteiger partial charge in [0, 0.05) is 27.9 Å². The van der Waals surface area contributed by atoms with Gasteiger partial charge < -0.3 is 14.2 Å². The predicted octanol–water partition coefficient (Wildman–Crippen LogP) is 8.20. The van der Waals surface area contributed by atoms with E-state index in [-0.39, 0.29) is 5.11 Å². The highest BCUT2D eigenvalue weighted by Crippen LogP contribution is 2.32. The van der Waals surface area contributed by atoms with Crippen molar-refractivity contribution in [2.45, 2.75) is 13.8 Å². The lowest BCUT2D eigenvalue weighted by Gasteiger charge is -2.08. The van der Waals surface area contributed by atoms with Crippen LogP contribution in [-0.2, 0) is 4.79 Å². The number of halogens is 2. The van der Waals surface area contributed by atoms with E-state index >= 15 is 0 Å². The average Bonchev–Trinajstić information content (AvgIpc) is 3.51. The van der Waals surface area contributed by atoms with Gasteiger partial charge in [-0.15, -0.1) is 0 Å². The number of furan rings is 1. The van der Waals surface area contributed by atoms with Gasteiger partial charge in [0.25, 0.3) is 0 Å². The fraction of sp³-hybridized carbons (Fsp3) is 0.0690. The maximum Gasteiger partial charge on any atom is 0.250 e. The zero-order valence-electron chi connectivity index (χ0n) is 20.3. The third-order valence-corrected chi connectivity index (χ3v) is 6.42. The van der Waals surface area contributed by atoms with Crippen LogP contribution in [0, 0.1) is 13.8 Å². The molecule has 0 aliphatic heterocycles. The molecule has 5 rings (SSSR count). The van der Waals surface area contributed by atoms with Gasteiger partial charge in [0.2, 0.25) is 11.8 Å². The van der Waals surface area contributed by atoms with Gasteiger partial charge in [-0.1, -0.05) is 29.3 Å². The molecule has 9 heteroatoms. The van der Waals surface area contributed by atoms with Crippen LogP contribution in [0.1, 0.15) is 16.9 Å². The number of rotatable bonds is 5. The van der Waals surface area contributed by atoms with Crippen molar-refractivity contribution >= 4 is 69.3 Å². The topological polar surface area (TPSA) is 80.3 Å². The van der Waals surface area contributed by atoms with Crippen molar-refractivity contribution in [3.8, 4) is 22.8 Å². The number of thiocarbonyl (C=S) groups is 1. The second-order valence-corrected chi connectivity index (χ2v) is 9.88. The molecule has 0 saturated heterocycles. The molecule has 0 unspecified atom stereocenters. The van der Waals surface area contributed by atoms with Crippen molar-refractivity contribution in [3.05, 3.63) is 99.7 Å². The number of carbonyl (C=O) groups is 1. The molecule has 5 aromatic rings. The van der Waals surface area contributed by atoms with E-state index in [0.29, 0.717) is 38.7 Å². The van der Waals surface area contributed by atoms with Crippen LogP contribution in [-0.4, -0.2) is 16.0 Å². The summed E-state index contributed by atoms with van der Waals surface area (Å²) in [4.78, 5) is 16.9. The zero-order valence-corrected chi connectivity index (χ0v) is 22.7. The predicted molar refractivity (Wildman–Crippen MR) is 156 cm³/mol. The first kappa shape index (κ1) is 25.7.